The maximum absolute atomic E-state index is 11.9. The van der Waals surface area contributed by atoms with E-state index in [-0.39, 0.29) is 18.3 Å². The lowest BCUT2D eigenvalue weighted by molar-refractivity contribution is -0.116. The quantitative estimate of drug-likeness (QED) is 0.791. The zero-order chi connectivity index (χ0) is 15.2. The first-order valence-corrected chi connectivity index (χ1v) is 8.59. The summed E-state index contributed by atoms with van der Waals surface area (Å²) in [5, 5.41) is 3.66. The Morgan fingerprint density at radius 3 is 2.78 bits per heavy atom. The van der Waals surface area contributed by atoms with Crippen molar-refractivity contribution >= 4 is 34.8 Å². The summed E-state index contributed by atoms with van der Waals surface area (Å²) in [6.45, 7) is 0.547. The fourth-order valence-corrected chi connectivity index (χ4v) is 3.59. The standard InChI is InChI=1S/C17H20N2O2S.ClH/c20-16(11-6-12-21-13-7-2-1-3-8-13)19-17-18-14-9-4-5-10-15(14)22-17;/h1-3,7-8H,4-6,9-12H2,(H,18,19,20);1H. The molecule has 0 fully saturated rings. The number of ether oxygens (including phenoxy) is 1. The Bertz CT molecular complexity index is 607. The Balaban J connectivity index is 0.00000192. The molecule has 2 aromatic rings. The van der Waals surface area contributed by atoms with Crippen LogP contribution in [0.25, 0.3) is 0 Å². The maximum atomic E-state index is 11.9. The molecule has 1 N–H and O–H groups in total. The monoisotopic (exact) mass is 352 g/mol. The molecule has 0 bridgehead atoms. The average molecular weight is 353 g/mol. The van der Waals surface area contributed by atoms with Gasteiger partial charge in [0.25, 0.3) is 0 Å². The number of thiazole rings is 1. The van der Waals surface area contributed by atoms with Gasteiger partial charge in [-0.25, -0.2) is 4.98 Å². The lowest BCUT2D eigenvalue weighted by Gasteiger charge is -2.06. The second kappa shape index (κ2) is 8.89. The van der Waals surface area contributed by atoms with Crippen molar-refractivity contribution in [3.05, 3.63) is 40.9 Å². The van der Waals surface area contributed by atoms with Crippen LogP contribution in [0, 0.1) is 0 Å². The predicted molar refractivity (Wildman–Crippen MR) is 95.8 cm³/mol. The zero-order valence-electron chi connectivity index (χ0n) is 12.9. The molecule has 4 nitrogen and oxygen atoms in total. The summed E-state index contributed by atoms with van der Waals surface area (Å²) in [5.41, 5.74) is 1.18. The molecule has 0 saturated heterocycles. The summed E-state index contributed by atoms with van der Waals surface area (Å²) in [6, 6.07) is 9.66. The number of para-hydroxylation sites is 1. The molecular formula is C17H21ClN2O2S. The fourth-order valence-electron chi connectivity index (χ4n) is 2.53. The van der Waals surface area contributed by atoms with Crippen LogP contribution >= 0.6 is 23.7 Å². The summed E-state index contributed by atoms with van der Waals surface area (Å²) >= 11 is 1.63. The number of hydrogen-bond acceptors (Lipinski definition) is 4. The van der Waals surface area contributed by atoms with Crippen LogP contribution < -0.4 is 10.1 Å². The smallest absolute Gasteiger partial charge is 0.226 e. The molecule has 0 unspecified atom stereocenters. The van der Waals surface area contributed by atoms with Gasteiger partial charge in [0.2, 0.25) is 5.91 Å². The van der Waals surface area contributed by atoms with E-state index in [1.165, 1.54) is 23.4 Å². The first-order valence-electron chi connectivity index (χ1n) is 7.77. The lowest BCUT2D eigenvalue weighted by Crippen LogP contribution is -2.12. The molecule has 0 spiro atoms. The van der Waals surface area contributed by atoms with Crippen LogP contribution in [-0.4, -0.2) is 17.5 Å². The average Bonchev–Trinajstić information content (AvgIpc) is 2.94. The van der Waals surface area contributed by atoms with E-state index in [9.17, 15) is 4.79 Å². The molecule has 6 heteroatoms. The van der Waals surface area contributed by atoms with Gasteiger partial charge in [-0.3, -0.25) is 4.79 Å². The van der Waals surface area contributed by atoms with E-state index in [2.05, 4.69) is 10.3 Å². The van der Waals surface area contributed by atoms with Crippen molar-refractivity contribution in [2.75, 3.05) is 11.9 Å². The molecule has 1 aliphatic carbocycles. The number of fused-ring (bicyclic) bond motifs is 1. The molecule has 0 radical (unpaired) electrons. The largest absolute Gasteiger partial charge is 0.494 e. The minimum absolute atomic E-state index is 0. The first-order chi connectivity index (χ1) is 10.8. The van der Waals surface area contributed by atoms with Crippen molar-refractivity contribution in [1.82, 2.24) is 4.98 Å². The van der Waals surface area contributed by atoms with Gasteiger partial charge in [0.15, 0.2) is 5.13 Å². The molecule has 1 aliphatic rings. The summed E-state index contributed by atoms with van der Waals surface area (Å²) < 4.78 is 5.58. The van der Waals surface area contributed by atoms with E-state index in [1.54, 1.807) is 11.3 Å². The number of anilines is 1. The van der Waals surface area contributed by atoms with Crippen LogP contribution in [0.3, 0.4) is 0 Å². The van der Waals surface area contributed by atoms with E-state index in [0.717, 1.165) is 23.7 Å². The van der Waals surface area contributed by atoms with E-state index in [4.69, 9.17) is 4.74 Å². The molecule has 1 aromatic carbocycles. The van der Waals surface area contributed by atoms with E-state index >= 15 is 0 Å². The molecule has 1 amide bonds. The number of nitrogens with zero attached hydrogens (tertiary/aromatic N) is 1. The minimum atomic E-state index is 0. The first kappa shape index (κ1) is 17.8. The number of aromatic nitrogens is 1. The summed E-state index contributed by atoms with van der Waals surface area (Å²) in [7, 11) is 0. The van der Waals surface area contributed by atoms with Gasteiger partial charge in [0.1, 0.15) is 5.75 Å². The summed E-state index contributed by atoms with van der Waals surface area (Å²) in [6.07, 6.45) is 5.75. The maximum Gasteiger partial charge on any atom is 0.226 e. The third kappa shape index (κ3) is 5.22. The van der Waals surface area contributed by atoms with Crippen LogP contribution in [0.5, 0.6) is 5.75 Å². The summed E-state index contributed by atoms with van der Waals surface area (Å²) in [5.74, 6) is 0.860. The number of carbonyl (C=O) groups is 1. The Kier molecular flexibility index (Phi) is 6.86. The number of amides is 1. The third-order valence-corrected chi connectivity index (χ3v) is 4.72. The highest BCUT2D eigenvalue weighted by atomic mass is 35.5. The van der Waals surface area contributed by atoms with Crippen molar-refractivity contribution < 1.29 is 9.53 Å². The van der Waals surface area contributed by atoms with E-state index in [0.29, 0.717) is 19.4 Å². The molecule has 1 heterocycles. The number of carbonyl (C=O) groups excluding carboxylic acids is 1. The third-order valence-electron chi connectivity index (χ3n) is 3.65. The van der Waals surface area contributed by atoms with Crippen LogP contribution in [-0.2, 0) is 17.6 Å². The van der Waals surface area contributed by atoms with Crippen LogP contribution in [0.15, 0.2) is 30.3 Å². The highest BCUT2D eigenvalue weighted by molar-refractivity contribution is 7.15. The molecule has 23 heavy (non-hydrogen) atoms. The zero-order valence-corrected chi connectivity index (χ0v) is 14.5. The Morgan fingerprint density at radius 2 is 2.00 bits per heavy atom. The number of rotatable bonds is 6. The summed E-state index contributed by atoms with van der Waals surface area (Å²) in [4.78, 5) is 17.8. The molecule has 0 aliphatic heterocycles. The number of halogens is 1. The fraction of sp³-hybridized carbons (Fsp3) is 0.412. The molecular weight excluding hydrogens is 332 g/mol. The van der Waals surface area contributed by atoms with Crippen molar-refractivity contribution in [2.45, 2.75) is 38.5 Å². The second-order valence-electron chi connectivity index (χ2n) is 5.41. The van der Waals surface area contributed by atoms with Gasteiger partial charge in [-0.05, 0) is 44.2 Å². The van der Waals surface area contributed by atoms with Crippen molar-refractivity contribution in [1.29, 1.82) is 0 Å². The Hall–Kier alpha value is -1.59. The predicted octanol–water partition coefficient (Wildman–Crippen LogP) is 4.24. The van der Waals surface area contributed by atoms with Crippen LogP contribution in [0.4, 0.5) is 5.13 Å². The molecule has 0 saturated carbocycles. The minimum Gasteiger partial charge on any atom is -0.494 e. The second-order valence-corrected chi connectivity index (χ2v) is 6.49. The number of benzene rings is 1. The van der Waals surface area contributed by atoms with Gasteiger partial charge in [0, 0.05) is 11.3 Å². The Morgan fingerprint density at radius 1 is 1.22 bits per heavy atom. The topological polar surface area (TPSA) is 51.2 Å². The highest BCUT2D eigenvalue weighted by Crippen LogP contribution is 2.29. The number of nitrogens with one attached hydrogen (secondary N) is 1. The lowest BCUT2D eigenvalue weighted by atomic mass is 10.0. The molecule has 0 atom stereocenters. The van der Waals surface area contributed by atoms with Gasteiger partial charge in [-0.2, -0.15) is 0 Å². The molecule has 124 valence electrons. The molecule has 1 aromatic heterocycles. The van der Waals surface area contributed by atoms with E-state index < -0.39 is 0 Å². The normalized spacial score (nSPS) is 12.9. The van der Waals surface area contributed by atoms with Crippen molar-refractivity contribution in [2.24, 2.45) is 0 Å². The van der Waals surface area contributed by atoms with Gasteiger partial charge in [-0.15, -0.1) is 23.7 Å². The number of hydrogen-bond donors (Lipinski definition) is 1. The van der Waals surface area contributed by atoms with Gasteiger partial charge in [-0.1, -0.05) is 18.2 Å². The van der Waals surface area contributed by atoms with E-state index in [1.807, 2.05) is 30.3 Å². The van der Waals surface area contributed by atoms with Gasteiger partial charge < -0.3 is 10.1 Å². The van der Waals surface area contributed by atoms with Crippen LogP contribution in [0.1, 0.15) is 36.3 Å². The van der Waals surface area contributed by atoms with Crippen molar-refractivity contribution in [3.8, 4) is 5.75 Å². The van der Waals surface area contributed by atoms with Crippen LogP contribution in [0.2, 0.25) is 0 Å². The van der Waals surface area contributed by atoms with Gasteiger partial charge >= 0.3 is 0 Å². The Labute approximate surface area is 146 Å². The van der Waals surface area contributed by atoms with Gasteiger partial charge in [0.05, 0.1) is 12.3 Å². The molecule has 3 rings (SSSR count). The van der Waals surface area contributed by atoms with Crippen molar-refractivity contribution in [3.63, 3.8) is 0 Å². The SMILES string of the molecule is Cl.O=C(CCCOc1ccccc1)Nc1nc2c(s1)CCCC2. The number of aryl methyl sites for hydroxylation is 2. The highest BCUT2D eigenvalue weighted by Gasteiger charge is 2.16.